The SMILES string of the molecule is NCC(c1ccccc1F)n1ccnc1. The molecule has 1 heterocycles. The van der Waals surface area contributed by atoms with Gasteiger partial charge in [-0.25, -0.2) is 9.37 Å². The highest BCUT2D eigenvalue weighted by molar-refractivity contribution is 5.22. The van der Waals surface area contributed by atoms with Crippen LogP contribution in [0.4, 0.5) is 4.39 Å². The van der Waals surface area contributed by atoms with Gasteiger partial charge in [-0.15, -0.1) is 0 Å². The zero-order valence-electron chi connectivity index (χ0n) is 8.18. The zero-order valence-corrected chi connectivity index (χ0v) is 8.18. The van der Waals surface area contributed by atoms with Crippen molar-refractivity contribution in [2.24, 2.45) is 5.73 Å². The molecule has 2 N–H and O–H groups in total. The third-order valence-corrected chi connectivity index (χ3v) is 2.37. The number of imidazole rings is 1. The average molecular weight is 205 g/mol. The molecule has 1 aromatic heterocycles. The number of aromatic nitrogens is 2. The Balaban J connectivity index is 2.40. The van der Waals surface area contributed by atoms with Gasteiger partial charge in [0, 0.05) is 24.5 Å². The molecule has 0 fully saturated rings. The first-order valence-corrected chi connectivity index (χ1v) is 4.75. The number of hydrogen-bond acceptors (Lipinski definition) is 2. The second-order valence-corrected chi connectivity index (χ2v) is 3.28. The number of benzene rings is 1. The molecule has 2 aromatic rings. The summed E-state index contributed by atoms with van der Waals surface area (Å²) in [6.45, 7) is 0.345. The van der Waals surface area contributed by atoms with E-state index in [9.17, 15) is 4.39 Å². The van der Waals surface area contributed by atoms with Crippen molar-refractivity contribution in [1.29, 1.82) is 0 Å². The minimum atomic E-state index is -0.235. The van der Waals surface area contributed by atoms with Gasteiger partial charge in [0.2, 0.25) is 0 Å². The minimum Gasteiger partial charge on any atom is -0.329 e. The van der Waals surface area contributed by atoms with Crippen molar-refractivity contribution in [1.82, 2.24) is 9.55 Å². The van der Waals surface area contributed by atoms with Gasteiger partial charge in [-0.1, -0.05) is 18.2 Å². The van der Waals surface area contributed by atoms with E-state index < -0.39 is 0 Å². The summed E-state index contributed by atoms with van der Waals surface area (Å²) in [4.78, 5) is 3.93. The van der Waals surface area contributed by atoms with E-state index in [1.165, 1.54) is 6.07 Å². The molecule has 1 atom stereocenters. The third-order valence-electron chi connectivity index (χ3n) is 2.37. The predicted molar refractivity (Wildman–Crippen MR) is 55.8 cm³/mol. The molecule has 0 bridgehead atoms. The van der Waals surface area contributed by atoms with E-state index >= 15 is 0 Å². The molecule has 0 saturated carbocycles. The summed E-state index contributed by atoms with van der Waals surface area (Å²) < 4.78 is 15.3. The van der Waals surface area contributed by atoms with E-state index in [0.29, 0.717) is 12.1 Å². The number of rotatable bonds is 3. The summed E-state index contributed by atoms with van der Waals surface area (Å²) in [5.41, 5.74) is 6.24. The van der Waals surface area contributed by atoms with E-state index in [1.54, 1.807) is 41.5 Å². The Morgan fingerprint density at radius 3 is 2.80 bits per heavy atom. The fourth-order valence-corrected chi connectivity index (χ4v) is 1.61. The number of nitrogens with two attached hydrogens (primary N) is 1. The average Bonchev–Trinajstić information content (AvgIpc) is 2.75. The first-order valence-electron chi connectivity index (χ1n) is 4.75. The van der Waals surface area contributed by atoms with Crippen molar-refractivity contribution < 1.29 is 4.39 Å². The second kappa shape index (κ2) is 4.23. The van der Waals surface area contributed by atoms with Crippen LogP contribution in [0, 0.1) is 5.82 Å². The van der Waals surface area contributed by atoms with E-state index in [0.717, 1.165) is 0 Å². The van der Waals surface area contributed by atoms with Gasteiger partial charge >= 0.3 is 0 Å². The lowest BCUT2D eigenvalue weighted by Gasteiger charge is -2.17. The number of nitrogens with zero attached hydrogens (tertiary/aromatic N) is 2. The molecular formula is C11H12FN3. The Morgan fingerprint density at radius 2 is 2.20 bits per heavy atom. The fraction of sp³-hybridized carbons (Fsp3) is 0.182. The van der Waals surface area contributed by atoms with Crippen LogP contribution in [0.5, 0.6) is 0 Å². The van der Waals surface area contributed by atoms with Crippen molar-refractivity contribution in [2.45, 2.75) is 6.04 Å². The quantitative estimate of drug-likeness (QED) is 0.826. The summed E-state index contributed by atoms with van der Waals surface area (Å²) >= 11 is 0. The van der Waals surface area contributed by atoms with Gasteiger partial charge in [0.15, 0.2) is 0 Å². The topological polar surface area (TPSA) is 43.8 Å². The maximum Gasteiger partial charge on any atom is 0.128 e. The summed E-state index contributed by atoms with van der Waals surface area (Å²) in [5.74, 6) is -0.235. The Hall–Kier alpha value is -1.68. The Morgan fingerprint density at radius 1 is 1.40 bits per heavy atom. The predicted octanol–water partition coefficient (Wildman–Crippen LogP) is 1.57. The molecule has 15 heavy (non-hydrogen) atoms. The number of hydrogen-bond donors (Lipinski definition) is 1. The lowest BCUT2D eigenvalue weighted by Crippen LogP contribution is -2.20. The van der Waals surface area contributed by atoms with E-state index in [1.807, 2.05) is 0 Å². The van der Waals surface area contributed by atoms with Crippen LogP contribution >= 0.6 is 0 Å². The van der Waals surface area contributed by atoms with E-state index in [2.05, 4.69) is 4.98 Å². The maximum atomic E-state index is 13.5. The van der Waals surface area contributed by atoms with Gasteiger partial charge in [0.05, 0.1) is 12.4 Å². The van der Waals surface area contributed by atoms with Crippen molar-refractivity contribution in [3.8, 4) is 0 Å². The summed E-state index contributed by atoms with van der Waals surface area (Å²) in [5, 5.41) is 0. The highest BCUT2D eigenvalue weighted by Crippen LogP contribution is 2.19. The lowest BCUT2D eigenvalue weighted by molar-refractivity contribution is 0.536. The summed E-state index contributed by atoms with van der Waals surface area (Å²) in [6, 6.07) is 6.47. The fourth-order valence-electron chi connectivity index (χ4n) is 1.61. The summed E-state index contributed by atoms with van der Waals surface area (Å²) in [6.07, 6.45) is 5.08. The van der Waals surface area contributed by atoms with Crippen molar-refractivity contribution >= 4 is 0 Å². The Labute approximate surface area is 87.4 Å². The van der Waals surface area contributed by atoms with Crippen LogP contribution in [0.3, 0.4) is 0 Å². The smallest absolute Gasteiger partial charge is 0.128 e. The van der Waals surface area contributed by atoms with Crippen LogP contribution in [0.25, 0.3) is 0 Å². The van der Waals surface area contributed by atoms with Crippen molar-refractivity contribution in [2.75, 3.05) is 6.54 Å². The van der Waals surface area contributed by atoms with Crippen molar-refractivity contribution in [3.63, 3.8) is 0 Å². The largest absolute Gasteiger partial charge is 0.329 e. The van der Waals surface area contributed by atoms with Crippen molar-refractivity contribution in [3.05, 3.63) is 54.4 Å². The molecular weight excluding hydrogens is 193 g/mol. The molecule has 0 aliphatic heterocycles. The second-order valence-electron chi connectivity index (χ2n) is 3.28. The molecule has 0 aliphatic rings. The molecule has 0 spiro atoms. The molecule has 4 heteroatoms. The first-order chi connectivity index (χ1) is 7.33. The van der Waals surface area contributed by atoms with Gasteiger partial charge in [-0.3, -0.25) is 0 Å². The first kappa shape index (κ1) is 9.86. The lowest BCUT2D eigenvalue weighted by atomic mass is 10.1. The molecule has 78 valence electrons. The standard InChI is InChI=1S/C11H12FN3/c12-10-4-2-1-3-9(10)11(7-13)15-6-5-14-8-15/h1-6,8,11H,7,13H2. The van der Waals surface area contributed by atoms with E-state index in [4.69, 9.17) is 5.73 Å². The third kappa shape index (κ3) is 1.89. The molecule has 0 amide bonds. The monoisotopic (exact) mass is 205 g/mol. The Kier molecular flexibility index (Phi) is 2.78. The highest BCUT2D eigenvalue weighted by Gasteiger charge is 2.14. The molecule has 0 saturated heterocycles. The van der Waals surface area contributed by atoms with Crippen LogP contribution in [-0.2, 0) is 0 Å². The summed E-state index contributed by atoms with van der Waals surface area (Å²) in [7, 11) is 0. The Bertz CT molecular complexity index is 425. The van der Waals surface area contributed by atoms with Crippen LogP contribution in [0.1, 0.15) is 11.6 Å². The van der Waals surface area contributed by atoms with Crippen LogP contribution in [-0.4, -0.2) is 16.1 Å². The normalized spacial score (nSPS) is 12.7. The highest BCUT2D eigenvalue weighted by atomic mass is 19.1. The van der Waals surface area contributed by atoms with Gasteiger partial charge in [0.1, 0.15) is 5.82 Å². The van der Waals surface area contributed by atoms with Crippen LogP contribution < -0.4 is 5.73 Å². The van der Waals surface area contributed by atoms with Crippen LogP contribution in [0.15, 0.2) is 43.0 Å². The van der Waals surface area contributed by atoms with Gasteiger partial charge < -0.3 is 10.3 Å². The zero-order chi connectivity index (χ0) is 10.7. The molecule has 0 aliphatic carbocycles. The van der Waals surface area contributed by atoms with E-state index in [-0.39, 0.29) is 11.9 Å². The van der Waals surface area contributed by atoms with Gasteiger partial charge in [-0.05, 0) is 6.07 Å². The molecule has 0 radical (unpaired) electrons. The van der Waals surface area contributed by atoms with Gasteiger partial charge in [-0.2, -0.15) is 0 Å². The number of halogens is 1. The minimum absolute atomic E-state index is 0.186. The molecule has 3 nitrogen and oxygen atoms in total. The van der Waals surface area contributed by atoms with Gasteiger partial charge in [0.25, 0.3) is 0 Å². The maximum absolute atomic E-state index is 13.5. The molecule has 2 rings (SSSR count). The van der Waals surface area contributed by atoms with Crippen LogP contribution in [0.2, 0.25) is 0 Å². The molecule has 1 unspecified atom stereocenters. The molecule has 1 aromatic carbocycles.